The van der Waals surface area contributed by atoms with Crippen LogP contribution < -0.4 is 0 Å². The van der Waals surface area contributed by atoms with Crippen LogP contribution in [0.2, 0.25) is 18.1 Å². The van der Waals surface area contributed by atoms with Crippen molar-refractivity contribution < 1.29 is 17.6 Å². The fourth-order valence-electron chi connectivity index (χ4n) is 1.45. The normalized spacial score (nSPS) is 14.6. The van der Waals surface area contributed by atoms with Crippen molar-refractivity contribution >= 4 is 8.32 Å². The van der Waals surface area contributed by atoms with E-state index in [-0.39, 0.29) is 5.04 Å². The highest BCUT2D eigenvalue weighted by Crippen LogP contribution is 2.40. The Hall–Kier alpha value is -0.453. The number of allylic oxidation sites excluding steroid dienone is 2. The maximum absolute atomic E-state index is 13.0. The molecule has 0 amide bonds. The molecule has 0 saturated heterocycles. The molecule has 0 N–H and O–H groups in total. The van der Waals surface area contributed by atoms with Gasteiger partial charge in [-0.1, -0.05) is 47.0 Å². The summed E-state index contributed by atoms with van der Waals surface area (Å²) in [5.41, 5.74) is 0. The number of halogens is 3. The van der Waals surface area contributed by atoms with E-state index >= 15 is 0 Å². The first-order chi connectivity index (χ1) is 8.92. The Kier molecular flexibility index (Phi) is 7.35. The van der Waals surface area contributed by atoms with E-state index in [2.05, 4.69) is 6.92 Å². The van der Waals surface area contributed by atoms with Gasteiger partial charge in [-0.15, -0.1) is 0 Å². The van der Waals surface area contributed by atoms with E-state index in [0.717, 1.165) is 25.7 Å². The quantitative estimate of drug-likeness (QED) is 0.299. The van der Waals surface area contributed by atoms with Crippen molar-refractivity contribution in [3.63, 3.8) is 0 Å². The van der Waals surface area contributed by atoms with Crippen LogP contribution in [0.25, 0.3) is 0 Å². The van der Waals surface area contributed by atoms with Crippen LogP contribution in [0.1, 0.15) is 59.8 Å². The summed E-state index contributed by atoms with van der Waals surface area (Å²) < 4.78 is 44.6. The fraction of sp³-hybridized carbons (Fsp3) is 0.867. The lowest BCUT2D eigenvalue weighted by Gasteiger charge is -2.37. The maximum atomic E-state index is 13.0. The zero-order chi connectivity index (χ0) is 16.0. The molecule has 0 bridgehead atoms. The molecule has 0 aliphatic carbocycles. The summed E-state index contributed by atoms with van der Waals surface area (Å²) in [5.74, 6) is -0.791. The standard InChI is InChI=1S/C15H29F3OSi/c1-7-8-9-10-11-12-13(15(16,17)18)19-20(5,6)14(2,3)4/h12H,7-11H2,1-6H3/b13-12+. The van der Waals surface area contributed by atoms with E-state index < -0.39 is 20.3 Å². The molecule has 0 aliphatic rings. The van der Waals surface area contributed by atoms with E-state index in [0.29, 0.717) is 6.42 Å². The highest BCUT2D eigenvalue weighted by Gasteiger charge is 2.45. The third kappa shape index (κ3) is 6.82. The number of hydrogen-bond acceptors (Lipinski definition) is 1. The predicted molar refractivity (Wildman–Crippen MR) is 81.2 cm³/mol. The number of hydrogen-bond donors (Lipinski definition) is 0. The van der Waals surface area contributed by atoms with Gasteiger partial charge in [-0.3, -0.25) is 0 Å². The minimum atomic E-state index is -4.39. The van der Waals surface area contributed by atoms with Crippen molar-refractivity contribution in [3.8, 4) is 0 Å². The van der Waals surface area contributed by atoms with Gasteiger partial charge in [0.1, 0.15) is 0 Å². The Morgan fingerprint density at radius 2 is 1.60 bits per heavy atom. The van der Waals surface area contributed by atoms with Crippen molar-refractivity contribution in [1.29, 1.82) is 0 Å². The molecule has 1 nitrogen and oxygen atoms in total. The third-order valence-corrected chi connectivity index (χ3v) is 8.18. The lowest BCUT2D eigenvalue weighted by atomic mass is 10.1. The minimum Gasteiger partial charge on any atom is -0.540 e. The lowest BCUT2D eigenvalue weighted by Crippen LogP contribution is -2.42. The van der Waals surface area contributed by atoms with Crippen molar-refractivity contribution in [2.45, 2.75) is 84.1 Å². The number of unbranched alkanes of at least 4 members (excludes halogenated alkanes) is 4. The van der Waals surface area contributed by atoms with Gasteiger partial charge in [-0.05, 0) is 37.0 Å². The second-order valence-electron chi connectivity index (χ2n) is 6.78. The van der Waals surface area contributed by atoms with Crippen molar-refractivity contribution in [1.82, 2.24) is 0 Å². The first kappa shape index (κ1) is 19.5. The maximum Gasteiger partial charge on any atom is 0.447 e. The highest BCUT2D eigenvalue weighted by atomic mass is 28.4. The molecule has 5 heteroatoms. The van der Waals surface area contributed by atoms with Crippen molar-refractivity contribution in [3.05, 3.63) is 11.8 Å². The van der Waals surface area contributed by atoms with Crippen LogP contribution in [0.5, 0.6) is 0 Å². The number of alkyl halides is 3. The van der Waals surface area contributed by atoms with Crippen LogP contribution in [0.3, 0.4) is 0 Å². The summed E-state index contributed by atoms with van der Waals surface area (Å²) in [7, 11) is -2.44. The Morgan fingerprint density at radius 1 is 1.05 bits per heavy atom. The smallest absolute Gasteiger partial charge is 0.447 e. The van der Waals surface area contributed by atoms with Crippen LogP contribution in [-0.4, -0.2) is 14.5 Å². The van der Waals surface area contributed by atoms with Crippen LogP contribution in [0.15, 0.2) is 11.8 Å². The molecule has 0 aliphatic heterocycles. The third-order valence-electron chi connectivity index (χ3n) is 3.84. The Morgan fingerprint density at radius 3 is 2.00 bits per heavy atom. The van der Waals surface area contributed by atoms with Crippen molar-refractivity contribution in [2.24, 2.45) is 0 Å². The minimum absolute atomic E-state index is 0.237. The summed E-state index contributed by atoms with van der Waals surface area (Å²) in [6.45, 7) is 11.6. The zero-order valence-electron chi connectivity index (χ0n) is 13.7. The topological polar surface area (TPSA) is 9.23 Å². The average molecular weight is 310 g/mol. The molecule has 0 saturated carbocycles. The van der Waals surface area contributed by atoms with E-state index in [9.17, 15) is 13.2 Å². The summed E-state index contributed by atoms with van der Waals surface area (Å²) in [5, 5.41) is -0.237. The van der Waals surface area contributed by atoms with Gasteiger partial charge in [-0.25, -0.2) is 0 Å². The lowest BCUT2D eigenvalue weighted by molar-refractivity contribution is -0.118. The predicted octanol–water partition coefficient (Wildman–Crippen LogP) is 6.42. The molecule has 0 aromatic carbocycles. The summed E-state index contributed by atoms with van der Waals surface area (Å²) in [6.07, 6.45) is 1.18. The Balaban J connectivity index is 4.80. The Labute approximate surface area is 122 Å². The van der Waals surface area contributed by atoms with E-state index in [1.807, 2.05) is 33.9 Å². The molecule has 120 valence electrons. The molecule has 0 spiro atoms. The summed E-state index contributed by atoms with van der Waals surface area (Å²) >= 11 is 0. The van der Waals surface area contributed by atoms with E-state index in [1.54, 1.807) is 0 Å². The first-order valence-electron chi connectivity index (χ1n) is 7.38. The molecule has 0 aromatic rings. The molecule has 0 atom stereocenters. The van der Waals surface area contributed by atoms with Crippen LogP contribution in [0.4, 0.5) is 13.2 Å². The highest BCUT2D eigenvalue weighted by molar-refractivity contribution is 6.74. The zero-order valence-corrected chi connectivity index (χ0v) is 14.7. The summed E-state index contributed by atoms with van der Waals surface area (Å²) in [4.78, 5) is 0. The second-order valence-corrected chi connectivity index (χ2v) is 11.5. The SMILES string of the molecule is CCCCCC/C=C(/O[Si](C)(C)C(C)(C)C)C(F)(F)F. The molecule has 0 rings (SSSR count). The van der Waals surface area contributed by atoms with Gasteiger partial charge in [0.15, 0.2) is 5.76 Å². The molecule has 0 aromatic heterocycles. The van der Waals surface area contributed by atoms with Crippen LogP contribution in [-0.2, 0) is 4.43 Å². The Bertz CT molecular complexity index is 314. The van der Waals surface area contributed by atoms with E-state index in [1.165, 1.54) is 6.08 Å². The van der Waals surface area contributed by atoms with E-state index in [4.69, 9.17) is 4.43 Å². The van der Waals surface area contributed by atoms with Crippen LogP contribution >= 0.6 is 0 Å². The van der Waals surface area contributed by atoms with Gasteiger partial charge in [0.2, 0.25) is 8.32 Å². The second kappa shape index (κ2) is 7.53. The van der Waals surface area contributed by atoms with Gasteiger partial charge in [0.05, 0.1) is 0 Å². The van der Waals surface area contributed by atoms with Gasteiger partial charge in [0.25, 0.3) is 0 Å². The summed E-state index contributed by atoms with van der Waals surface area (Å²) in [6, 6.07) is 0. The van der Waals surface area contributed by atoms with Gasteiger partial charge in [-0.2, -0.15) is 13.2 Å². The van der Waals surface area contributed by atoms with Crippen molar-refractivity contribution in [2.75, 3.05) is 0 Å². The van der Waals surface area contributed by atoms with Gasteiger partial charge < -0.3 is 4.43 Å². The molecule has 20 heavy (non-hydrogen) atoms. The molecular formula is C15H29F3OSi. The first-order valence-corrected chi connectivity index (χ1v) is 10.3. The van der Waals surface area contributed by atoms with Gasteiger partial charge >= 0.3 is 6.18 Å². The molecular weight excluding hydrogens is 281 g/mol. The molecule has 0 heterocycles. The largest absolute Gasteiger partial charge is 0.540 e. The van der Waals surface area contributed by atoms with Crippen LogP contribution in [0, 0.1) is 0 Å². The monoisotopic (exact) mass is 310 g/mol. The fourth-order valence-corrected chi connectivity index (χ4v) is 2.50. The molecule has 0 radical (unpaired) electrons. The average Bonchev–Trinajstić information content (AvgIpc) is 2.24. The molecule has 0 fully saturated rings. The van der Waals surface area contributed by atoms with Gasteiger partial charge in [0, 0.05) is 0 Å². The molecule has 0 unspecified atom stereocenters. The number of rotatable bonds is 7.